The van der Waals surface area contributed by atoms with Crippen molar-refractivity contribution in [2.24, 2.45) is 0 Å². The number of nitrogens with zero attached hydrogens (tertiary/aromatic N) is 3. The van der Waals surface area contributed by atoms with Gasteiger partial charge in [-0.1, -0.05) is 48.5 Å². The number of aromatic nitrogens is 3. The van der Waals surface area contributed by atoms with E-state index in [2.05, 4.69) is 58.8 Å². The van der Waals surface area contributed by atoms with Crippen molar-refractivity contribution in [3.05, 3.63) is 40.6 Å². The van der Waals surface area contributed by atoms with Crippen molar-refractivity contribution in [2.75, 3.05) is 0 Å². The Morgan fingerprint density at radius 2 is 1.67 bits per heavy atom. The summed E-state index contributed by atoms with van der Waals surface area (Å²) in [7, 11) is 0. The Balaban J connectivity index is 1.73. The second-order valence-corrected chi connectivity index (χ2v) is 11.3. The summed E-state index contributed by atoms with van der Waals surface area (Å²) < 4.78 is 5.53. The van der Waals surface area contributed by atoms with E-state index in [1.54, 1.807) is 22.7 Å². The number of rotatable bonds is 6. The maximum atomic E-state index is 5.53. The van der Waals surface area contributed by atoms with Gasteiger partial charge in [0.15, 0.2) is 6.39 Å². The van der Waals surface area contributed by atoms with Crippen LogP contribution < -0.4 is 0 Å². The lowest BCUT2D eigenvalue weighted by molar-refractivity contribution is 0.321. The van der Waals surface area contributed by atoms with E-state index in [1.807, 2.05) is 12.4 Å². The van der Waals surface area contributed by atoms with E-state index >= 15 is 0 Å². The molecule has 3 heterocycles. The van der Waals surface area contributed by atoms with Crippen molar-refractivity contribution in [2.45, 2.75) is 77.6 Å². The second kappa shape index (κ2) is 7.13. The summed E-state index contributed by atoms with van der Waals surface area (Å²) in [5.41, 5.74) is 1.19. The highest BCUT2D eigenvalue weighted by atomic mass is 32.1. The van der Waals surface area contributed by atoms with E-state index in [0.29, 0.717) is 0 Å². The summed E-state index contributed by atoms with van der Waals surface area (Å²) in [5, 5.41) is 4.40. The van der Waals surface area contributed by atoms with Crippen LogP contribution in [0.25, 0.3) is 9.88 Å². The molecular weight excluding hydrogens is 374 g/mol. The Labute approximate surface area is 170 Å². The first-order valence-corrected chi connectivity index (χ1v) is 11.0. The lowest BCUT2D eigenvalue weighted by Crippen LogP contribution is -2.23. The van der Waals surface area contributed by atoms with Gasteiger partial charge in [0.25, 0.3) is 0 Å². The summed E-state index contributed by atoms with van der Waals surface area (Å²) in [4.78, 5) is 14.8. The van der Waals surface area contributed by atoms with Crippen LogP contribution in [0.4, 0.5) is 0 Å². The second-order valence-electron chi connectivity index (χ2n) is 9.45. The Hall–Kier alpha value is -1.53. The predicted octanol–water partition coefficient (Wildman–Crippen LogP) is 6.59. The summed E-state index contributed by atoms with van der Waals surface area (Å²) in [6.07, 6.45) is 7.35. The molecule has 146 valence electrons. The van der Waals surface area contributed by atoms with Crippen LogP contribution in [-0.4, -0.2) is 15.0 Å². The van der Waals surface area contributed by atoms with Crippen LogP contribution in [0.5, 0.6) is 0 Å². The highest BCUT2D eigenvalue weighted by molar-refractivity contribution is 7.20. The molecule has 0 N–H and O–H groups in total. The third-order valence-electron chi connectivity index (χ3n) is 5.04. The third kappa shape index (κ3) is 4.49. The van der Waals surface area contributed by atoms with Crippen molar-refractivity contribution in [3.8, 4) is 9.88 Å². The molecule has 0 atom stereocenters. The average molecular weight is 404 g/mol. The number of thiazole rings is 2. The minimum Gasteiger partial charge on any atom is -0.448 e. The van der Waals surface area contributed by atoms with Crippen LogP contribution in [0.2, 0.25) is 0 Å². The molecule has 3 aromatic rings. The molecule has 0 bridgehead atoms. The first-order chi connectivity index (χ1) is 12.5. The fraction of sp³-hybridized carbons (Fsp3) is 0.571. The molecule has 0 aliphatic carbocycles. The van der Waals surface area contributed by atoms with Gasteiger partial charge < -0.3 is 4.42 Å². The molecule has 0 unspecified atom stereocenters. The molecule has 0 amide bonds. The number of oxazole rings is 1. The van der Waals surface area contributed by atoms with Gasteiger partial charge in [-0.2, -0.15) is 0 Å². The normalized spacial score (nSPS) is 13.3. The smallest absolute Gasteiger partial charge is 0.180 e. The van der Waals surface area contributed by atoms with Gasteiger partial charge >= 0.3 is 0 Å². The van der Waals surface area contributed by atoms with E-state index < -0.39 is 0 Å². The maximum absolute atomic E-state index is 5.53. The lowest BCUT2D eigenvalue weighted by Gasteiger charge is -2.28. The van der Waals surface area contributed by atoms with Crippen molar-refractivity contribution < 1.29 is 4.42 Å². The van der Waals surface area contributed by atoms with Gasteiger partial charge in [-0.15, -0.1) is 22.7 Å². The Morgan fingerprint density at radius 1 is 0.963 bits per heavy atom. The SMILES string of the molecule is CC(C)(C)c1csc(-c2cnc(C(C)(C)CCC(C)(C)c3cnco3)s2)n1. The van der Waals surface area contributed by atoms with Crippen LogP contribution in [0, 0.1) is 0 Å². The quantitative estimate of drug-likeness (QED) is 0.466. The van der Waals surface area contributed by atoms with Crippen molar-refractivity contribution in [3.63, 3.8) is 0 Å². The highest BCUT2D eigenvalue weighted by Gasteiger charge is 2.31. The average Bonchev–Trinajstić information content (AvgIpc) is 3.33. The minimum atomic E-state index is -0.0369. The number of hydrogen-bond acceptors (Lipinski definition) is 6. The Kier molecular flexibility index (Phi) is 5.34. The van der Waals surface area contributed by atoms with E-state index in [1.165, 1.54) is 11.4 Å². The zero-order chi connectivity index (χ0) is 19.9. The van der Waals surface area contributed by atoms with Crippen molar-refractivity contribution in [1.82, 2.24) is 15.0 Å². The van der Waals surface area contributed by atoms with Crippen LogP contribution in [-0.2, 0) is 16.2 Å². The fourth-order valence-corrected chi connectivity index (χ4v) is 4.97. The van der Waals surface area contributed by atoms with Crippen molar-refractivity contribution in [1.29, 1.82) is 0 Å². The molecule has 0 radical (unpaired) electrons. The molecule has 4 nitrogen and oxygen atoms in total. The number of hydrogen-bond donors (Lipinski definition) is 0. The largest absolute Gasteiger partial charge is 0.448 e. The summed E-state index contributed by atoms with van der Waals surface area (Å²) in [6, 6.07) is 0. The molecule has 27 heavy (non-hydrogen) atoms. The lowest BCUT2D eigenvalue weighted by atomic mass is 9.78. The molecule has 0 aliphatic heterocycles. The molecule has 0 fully saturated rings. The monoisotopic (exact) mass is 403 g/mol. The van der Waals surface area contributed by atoms with E-state index in [9.17, 15) is 0 Å². The summed E-state index contributed by atoms with van der Waals surface area (Å²) in [5.74, 6) is 0.940. The summed E-state index contributed by atoms with van der Waals surface area (Å²) >= 11 is 3.48. The molecular formula is C21H29N3OS2. The molecule has 3 rings (SSSR count). The molecule has 0 spiro atoms. The molecule has 0 aromatic carbocycles. The van der Waals surface area contributed by atoms with Gasteiger partial charge in [-0.05, 0) is 12.8 Å². The van der Waals surface area contributed by atoms with Gasteiger partial charge in [0.2, 0.25) is 0 Å². The molecule has 6 heteroatoms. The zero-order valence-corrected chi connectivity index (χ0v) is 18.9. The van der Waals surface area contributed by atoms with E-state index in [4.69, 9.17) is 14.4 Å². The first kappa shape index (κ1) is 20.2. The van der Waals surface area contributed by atoms with E-state index in [0.717, 1.165) is 34.2 Å². The van der Waals surface area contributed by atoms with Gasteiger partial charge in [0, 0.05) is 27.8 Å². The topological polar surface area (TPSA) is 51.8 Å². The predicted molar refractivity (Wildman–Crippen MR) is 114 cm³/mol. The Bertz CT molecular complexity index is 883. The minimum absolute atomic E-state index is 0.00429. The van der Waals surface area contributed by atoms with E-state index in [-0.39, 0.29) is 16.2 Å². The molecule has 0 saturated carbocycles. The third-order valence-corrected chi connectivity index (χ3v) is 7.42. The Morgan fingerprint density at radius 3 is 2.26 bits per heavy atom. The zero-order valence-electron chi connectivity index (χ0n) is 17.3. The standard InChI is InChI=1S/C21H29N3OS2/c1-19(2,3)15-12-26-17(24-15)14-10-23-18(27-14)21(6,7)9-8-20(4,5)16-11-22-13-25-16/h10-13H,8-9H2,1-7H3. The van der Waals surface area contributed by atoms with Gasteiger partial charge in [-0.25, -0.2) is 15.0 Å². The first-order valence-electron chi connectivity index (χ1n) is 9.31. The van der Waals surface area contributed by atoms with Gasteiger partial charge in [0.05, 0.1) is 21.8 Å². The highest BCUT2D eigenvalue weighted by Crippen LogP contribution is 2.40. The van der Waals surface area contributed by atoms with Gasteiger partial charge in [-0.3, -0.25) is 0 Å². The molecule has 0 aliphatic rings. The van der Waals surface area contributed by atoms with Crippen LogP contribution in [0.3, 0.4) is 0 Å². The van der Waals surface area contributed by atoms with Crippen LogP contribution >= 0.6 is 22.7 Å². The van der Waals surface area contributed by atoms with Gasteiger partial charge in [0.1, 0.15) is 10.8 Å². The summed E-state index contributed by atoms with van der Waals surface area (Å²) in [6.45, 7) is 15.6. The fourth-order valence-electron chi connectivity index (χ4n) is 2.82. The van der Waals surface area contributed by atoms with Crippen molar-refractivity contribution >= 4 is 22.7 Å². The molecule has 0 saturated heterocycles. The molecule has 3 aromatic heterocycles. The van der Waals surface area contributed by atoms with Crippen LogP contribution in [0.1, 0.15) is 77.8 Å². The maximum Gasteiger partial charge on any atom is 0.180 e. The van der Waals surface area contributed by atoms with Crippen LogP contribution in [0.15, 0.2) is 28.6 Å².